The molecular weight excluding hydrogens is 397 g/mol. The van der Waals surface area contributed by atoms with E-state index in [9.17, 15) is 18.9 Å². The molecule has 1 aromatic heterocycles. The van der Waals surface area contributed by atoms with Gasteiger partial charge in [0, 0.05) is 18.3 Å². The summed E-state index contributed by atoms with van der Waals surface area (Å²) in [6.45, 7) is 2.61. The highest BCUT2D eigenvalue weighted by Crippen LogP contribution is 2.57. The van der Waals surface area contributed by atoms with Gasteiger partial charge in [-0.2, -0.15) is 0 Å². The molecular formula is C16H22NO10P. The first-order valence-electron chi connectivity index (χ1n) is 8.39. The summed E-state index contributed by atoms with van der Waals surface area (Å²) in [4.78, 5) is 38.8. The van der Waals surface area contributed by atoms with Crippen LogP contribution in [0.25, 0.3) is 0 Å². The van der Waals surface area contributed by atoms with Crippen molar-refractivity contribution in [1.82, 2.24) is 4.98 Å². The molecule has 2 rings (SSSR count). The first-order valence-corrected chi connectivity index (χ1v) is 9.85. The highest BCUT2D eigenvalue weighted by atomic mass is 31.2. The smallest absolute Gasteiger partial charge is 0.469 e. The van der Waals surface area contributed by atoms with E-state index in [0.29, 0.717) is 0 Å². The molecule has 0 aliphatic carbocycles. The van der Waals surface area contributed by atoms with Gasteiger partial charge in [-0.3, -0.25) is 18.6 Å². The zero-order chi connectivity index (χ0) is 20.8. The number of phosphoric ester groups is 1. The number of rotatable bonds is 9. The lowest BCUT2D eigenvalue weighted by atomic mass is 9.84. The van der Waals surface area contributed by atoms with E-state index in [1.807, 2.05) is 0 Å². The van der Waals surface area contributed by atoms with E-state index in [4.69, 9.17) is 22.7 Å². The number of nitrogens with zero attached hydrogens (tertiary/aromatic N) is 1. The zero-order valence-electron chi connectivity index (χ0n) is 15.7. The largest absolute Gasteiger partial charge is 0.478 e. The number of oxazole rings is 1. The molecule has 0 spiro atoms. The Bertz CT molecular complexity index is 745. The van der Waals surface area contributed by atoms with Crippen LogP contribution in [-0.4, -0.2) is 49.3 Å². The van der Waals surface area contributed by atoms with Crippen LogP contribution in [0.5, 0.6) is 0 Å². The van der Waals surface area contributed by atoms with Crippen LogP contribution < -0.4 is 0 Å². The summed E-state index contributed by atoms with van der Waals surface area (Å²) >= 11 is 0. The molecule has 0 bridgehead atoms. The van der Waals surface area contributed by atoms with Crippen molar-refractivity contribution in [3.8, 4) is 0 Å². The molecule has 0 radical (unpaired) electrons. The van der Waals surface area contributed by atoms with E-state index in [1.165, 1.54) is 7.11 Å². The lowest BCUT2D eigenvalue weighted by Crippen LogP contribution is -2.44. The second-order valence-electron chi connectivity index (χ2n) is 6.64. The number of Topliss-reactive ketones (excluding diaryl/α,β-unsaturated/α-hetero) is 1. The topological polar surface area (TPSA) is 140 Å². The van der Waals surface area contributed by atoms with Crippen molar-refractivity contribution in [3.05, 3.63) is 18.4 Å². The van der Waals surface area contributed by atoms with Crippen LogP contribution >= 0.6 is 7.82 Å². The quantitative estimate of drug-likeness (QED) is 0.330. The number of ether oxygens (including phenoxy) is 2. The molecule has 0 aromatic carbocycles. The number of esters is 2. The second kappa shape index (κ2) is 9.42. The summed E-state index contributed by atoms with van der Waals surface area (Å²) in [7, 11) is -2.87. The van der Waals surface area contributed by atoms with Gasteiger partial charge >= 0.3 is 19.8 Å². The Morgan fingerprint density at radius 1 is 1.32 bits per heavy atom. The number of hydrogen-bond donors (Lipinski definition) is 0. The van der Waals surface area contributed by atoms with E-state index in [0.717, 1.165) is 12.6 Å². The molecule has 2 atom stereocenters. The van der Waals surface area contributed by atoms with Gasteiger partial charge in [-0.25, -0.2) is 18.9 Å². The first kappa shape index (κ1) is 22.2. The fourth-order valence-electron chi connectivity index (χ4n) is 2.36. The molecule has 1 saturated heterocycles. The lowest BCUT2D eigenvalue weighted by molar-refractivity contribution is -0.142. The summed E-state index contributed by atoms with van der Waals surface area (Å²) in [5.41, 5.74) is -0.768. The first-order chi connectivity index (χ1) is 13.2. The van der Waals surface area contributed by atoms with Gasteiger partial charge in [0.05, 0.1) is 19.9 Å². The van der Waals surface area contributed by atoms with E-state index >= 15 is 0 Å². The summed E-state index contributed by atoms with van der Waals surface area (Å²) < 4.78 is 42.1. The number of ketones is 1. The summed E-state index contributed by atoms with van der Waals surface area (Å²) in [6, 6.07) is 0. The molecule has 156 valence electrons. The lowest BCUT2D eigenvalue weighted by Gasteiger charge is -2.39. The normalized spacial score (nSPS) is 23.8. The molecule has 0 saturated carbocycles. The van der Waals surface area contributed by atoms with Gasteiger partial charge in [-0.15, -0.1) is 0 Å². The van der Waals surface area contributed by atoms with E-state index < -0.39 is 38.1 Å². The Morgan fingerprint density at radius 3 is 2.71 bits per heavy atom. The molecule has 1 unspecified atom stereocenters. The summed E-state index contributed by atoms with van der Waals surface area (Å²) in [5, 5.41) is 0. The minimum absolute atomic E-state index is 0.0314. The Balaban J connectivity index is 1.89. The summed E-state index contributed by atoms with van der Waals surface area (Å²) in [6.07, 6.45) is 1.49. The minimum Gasteiger partial charge on any atom is -0.469 e. The maximum atomic E-state index is 12.6. The standard InChI is InChI=1S/C16H22NO10P/c1-16(2)8-25-28(21,26-10-24-15(20)12-7-17-9-23-12)27-14(16)11(18)5-4-6-13(19)22-3/h7,9,14H,4-6,8,10H2,1-3H3/t14-,28?/m0/s1. The van der Waals surface area contributed by atoms with Gasteiger partial charge in [0.2, 0.25) is 12.6 Å². The Hall–Kier alpha value is -2.07. The number of methoxy groups -OCH3 is 1. The predicted molar refractivity (Wildman–Crippen MR) is 91.0 cm³/mol. The molecule has 0 N–H and O–H groups in total. The van der Waals surface area contributed by atoms with Crippen molar-refractivity contribution in [2.24, 2.45) is 5.41 Å². The van der Waals surface area contributed by atoms with Gasteiger partial charge < -0.3 is 13.9 Å². The Morgan fingerprint density at radius 2 is 2.07 bits per heavy atom. The maximum absolute atomic E-state index is 12.6. The van der Waals surface area contributed by atoms with E-state index in [2.05, 4.69) is 9.72 Å². The van der Waals surface area contributed by atoms with Gasteiger partial charge in [0.25, 0.3) is 0 Å². The predicted octanol–water partition coefficient (Wildman–Crippen LogP) is 2.27. The van der Waals surface area contributed by atoms with Crippen LogP contribution in [0, 0.1) is 5.41 Å². The molecule has 1 fully saturated rings. The third-order valence-electron chi connectivity index (χ3n) is 3.90. The SMILES string of the molecule is COC(=O)CCCC(=O)[C@@H]1OP(=O)(OCOC(=O)c2cnco2)OCC1(C)C. The van der Waals surface area contributed by atoms with E-state index in [1.54, 1.807) is 13.8 Å². The van der Waals surface area contributed by atoms with Gasteiger partial charge in [-0.1, -0.05) is 13.8 Å². The molecule has 28 heavy (non-hydrogen) atoms. The molecule has 1 aromatic rings. The number of phosphoric acid groups is 1. The molecule has 1 aliphatic heterocycles. The minimum atomic E-state index is -4.13. The van der Waals surface area contributed by atoms with Crippen LogP contribution in [0.1, 0.15) is 43.7 Å². The van der Waals surface area contributed by atoms with Crippen LogP contribution in [-0.2, 0) is 37.2 Å². The molecule has 0 amide bonds. The van der Waals surface area contributed by atoms with Crippen LogP contribution in [0.3, 0.4) is 0 Å². The van der Waals surface area contributed by atoms with Crippen LogP contribution in [0.4, 0.5) is 0 Å². The molecule has 1 aliphatic rings. The fraction of sp³-hybridized carbons (Fsp3) is 0.625. The van der Waals surface area contributed by atoms with Gasteiger partial charge in [0.15, 0.2) is 12.2 Å². The fourth-order valence-corrected chi connectivity index (χ4v) is 3.89. The Kier molecular flexibility index (Phi) is 7.48. The van der Waals surface area contributed by atoms with Gasteiger partial charge in [0.1, 0.15) is 6.10 Å². The van der Waals surface area contributed by atoms with Crippen molar-refractivity contribution in [2.75, 3.05) is 20.5 Å². The molecule has 2 heterocycles. The van der Waals surface area contributed by atoms with Crippen molar-refractivity contribution in [3.63, 3.8) is 0 Å². The molecule has 11 nitrogen and oxygen atoms in total. The molecule has 12 heteroatoms. The number of carbonyl (C=O) groups is 3. The van der Waals surface area contributed by atoms with Crippen LogP contribution in [0.2, 0.25) is 0 Å². The van der Waals surface area contributed by atoms with Crippen molar-refractivity contribution in [1.29, 1.82) is 0 Å². The maximum Gasteiger partial charge on any atom is 0.478 e. The Labute approximate surface area is 161 Å². The summed E-state index contributed by atoms with van der Waals surface area (Å²) in [5.74, 6) is -1.81. The monoisotopic (exact) mass is 419 g/mol. The zero-order valence-corrected chi connectivity index (χ0v) is 16.6. The van der Waals surface area contributed by atoms with Crippen LogP contribution in [0.15, 0.2) is 17.0 Å². The second-order valence-corrected chi connectivity index (χ2v) is 8.26. The average molecular weight is 419 g/mol. The van der Waals surface area contributed by atoms with E-state index in [-0.39, 0.29) is 37.4 Å². The van der Waals surface area contributed by atoms with Crippen molar-refractivity contribution < 1.29 is 46.4 Å². The average Bonchev–Trinajstić information content (AvgIpc) is 3.18. The third-order valence-corrected chi connectivity index (χ3v) is 5.23. The highest BCUT2D eigenvalue weighted by Gasteiger charge is 2.48. The number of aromatic nitrogens is 1. The van der Waals surface area contributed by atoms with Gasteiger partial charge in [-0.05, 0) is 6.42 Å². The highest BCUT2D eigenvalue weighted by molar-refractivity contribution is 7.48. The number of hydrogen-bond acceptors (Lipinski definition) is 11. The van der Waals surface area contributed by atoms with Crippen molar-refractivity contribution in [2.45, 2.75) is 39.2 Å². The third kappa shape index (κ3) is 5.96. The number of carbonyl (C=O) groups excluding carboxylic acids is 3. The van der Waals surface area contributed by atoms with Crippen molar-refractivity contribution >= 4 is 25.5 Å².